The second-order valence-corrected chi connectivity index (χ2v) is 9.65. The van der Waals surface area contributed by atoms with E-state index in [9.17, 15) is 32.7 Å². The Balaban J connectivity index is 0.00000441. The van der Waals surface area contributed by atoms with Crippen LogP contribution < -0.4 is 34.7 Å². The van der Waals surface area contributed by atoms with Gasteiger partial charge in [-0.2, -0.15) is 0 Å². The van der Waals surface area contributed by atoms with Crippen LogP contribution in [0.3, 0.4) is 0 Å². The Kier molecular flexibility index (Phi) is 10.8. The molecule has 1 aromatic heterocycles. The van der Waals surface area contributed by atoms with Crippen molar-refractivity contribution in [2.24, 2.45) is 0 Å². The molecule has 1 aliphatic heterocycles. The van der Waals surface area contributed by atoms with Gasteiger partial charge in [-0.05, 0) is 36.1 Å². The van der Waals surface area contributed by atoms with E-state index in [-0.39, 0.29) is 61.0 Å². The van der Waals surface area contributed by atoms with Crippen molar-refractivity contribution >= 4 is 28.6 Å². The van der Waals surface area contributed by atoms with E-state index in [0.717, 1.165) is 23.3 Å². The van der Waals surface area contributed by atoms with Gasteiger partial charge < -0.3 is 19.8 Å². The number of H-pyrrole nitrogens is 1. The molecule has 1 aliphatic rings. The monoisotopic (exact) mass is 567 g/mol. The molecule has 2 atom stereocenters. The molecule has 1 fully saturated rings. The average molecular weight is 568 g/mol. The summed E-state index contributed by atoms with van der Waals surface area (Å²) >= 11 is 0. The summed E-state index contributed by atoms with van der Waals surface area (Å²) in [6, 6.07) is 10.6. The molecule has 3 aromatic rings. The molecule has 0 radical (unpaired) electrons. The number of carbonyl (C=O) groups is 3. The summed E-state index contributed by atoms with van der Waals surface area (Å²) in [7, 11) is 0. The van der Waals surface area contributed by atoms with Gasteiger partial charge in [-0.3, -0.25) is 14.5 Å². The van der Waals surface area contributed by atoms with E-state index in [4.69, 9.17) is 0 Å². The van der Waals surface area contributed by atoms with Crippen molar-refractivity contribution in [3.63, 3.8) is 0 Å². The van der Waals surface area contributed by atoms with Gasteiger partial charge in [0, 0.05) is 31.9 Å². The number of imidazole rings is 1. The minimum atomic E-state index is -5.21. The molecule has 1 N–H and O–H groups in total. The number of fused-ring (bicyclic) bond motifs is 1. The van der Waals surface area contributed by atoms with Crippen molar-refractivity contribution in [1.29, 1.82) is 0 Å². The third kappa shape index (κ3) is 7.62. The molecule has 2 amide bonds. The van der Waals surface area contributed by atoms with E-state index in [0.29, 0.717) is 25.1 Å². The first-order valence-electron chi connectivity index (χ1n) is 12.6. The van der Waals surface area contributed by atoms with Crippen LogP contribution in [-0.4, -0.2) is 80.5 Å². The van der Waals surface area contributed by atoms with Crippen molar-refractivity contribution in [3.8, 4) is 0 Å². The van der Waals surface area contributed by atoms with Gasteiger partial charge in [0.25, 0.3) is 0 Å². The summed E-state index contributed by atoms with van der Waals surface area (Å²) in [5, 5.41) is 13.1. The van der Waals surface area contributed by atoms with Crippen LogP contribution in [0, 0.1) is 0 Å². The number of carboxylic acid groups (broad SMARTS) is 1. The molecule has 40 heavy (non-hydrogen) atoms. The number of carbonyl (C=O) groups excluding carboxylic acids is 3. The quantitative estimate of drug-likeness (QED) is 0.251. The summed E-state index contributed by atoms with van der Waals surface area (Å²) < 4.78 is 41.3. The number of nitrogens with zero attached hydrogens (tertiary/aromatic N) is 4. The molecule has 0 unspecified atom stereocenters. The molecule has 0 bridgehead atoms. The molecule has 13 heteroatoms. The van der Waals surface area contributed by atoms with Gasteiger partial charge in [-0.1, -0.05) is 42.5 Å². The first kappa shape index (κ1) is 31.6. The van der Waals surface area contributed by atoms with Crippen LogP contribution in [-0.2, 0) is 27.3 Å². The maximum atomic E-state index is 13.8. The van der Waals surface area contributed by atoms with Crippen molar-refractivity contribution in [3.05, 3.63) is 66.2 Å². The first-order chi connectivity index (χ1) is 18.5. The number of likely N-dealkylation sites (tertiary alicyclic amines) is 1. The SMILES string of the molecule is C[C@@H](C(=O)[O-])N(C(=O)CN(Cc1cccc2ccccc12)C[C@@H]1CCCN1C(=O)Cc1c[nH]cn1)C(F)(F)F.[Na+]. The number of benzene rings is 2. The zero-order valence-electron chi connectivity index (χ0n) is 22.4. The van der Waals surface area contributed by atoms with Crippen LogP contribution in [0.5, 0.6) is 0 Å². The first-order valence-corrected chi connectivity index (χ1v) is 12.6. The molecule has 2 heterocycles. The molecule has 2 aromatic carbocycles. The van der Waals surface area contributed by atoms with E-state index in [1.54, 1.807) is 16.0 Å². The van der Waals surface area contributed by atoms with Gasteiger partial charge in [-0.25, -0.2) is 9.88 Å². The number of aliphatic carboxylic acids is 1. The molecule has 0 spiro atoms. The summed E-state index contributed by atoms with van der Waals surface area (Å²) in [5.41, 5.74) is 1.37. The van der Waals surface area contributed by atoms with Crippen molar-refractivity contribution in [1.82, 2.24) is 24.7 Å². The standard InChI is InChI=1S/C27H30F3N5O4.Na/c1-18(26(38)39)35(27(28,29)30)25(37)16-33(14-20-8-4-7-19-6-2-3-10-23(19)20)15-22-9-5-11-34(22)24(36)12-21-13-31-17-32-21;/h2-4,6-8,10,13,17-18,22H,5,9,11-12,14-16H2,1H3,(H,31,32)(H,38,39);/q;+1/p-1/t18-,22-;/m0./s1. The van der Waals surface area contributed by atoms with E-state index < -0.39 is 35.7 Å². The Hall–Kier alpha value is -2.93. The fraction of sp³-hybridized carbons (Fsp3) is 0.407. The number of alkyl halides is 3. The molecule has 0 aliphatic carbocycles. The van der Waals surface area contributed by atoms with Crippen LogP contribution in [0.15, 0.2) is 55.0 Å². The van der Waals surface area contributed by atoms with Gasteiger partial charge in [0.1, 0.15) is 0 Å². The summed E-state index contributed by atoms with van der Waals surface area (Å²) in [6.07, 6.45) is -0.706. The Morgan fingerprint density at radius 3 is 2.58 bits per heavy atom. The van der Waals surface area contributed by atoms with Crippen LogP contribution >= 0.6 is 0 Å². The minimum Gasteiger partial charge on any atom is -0.548 e. The predicted molar refractivity (Wildman–Crippen MR) is 134 cm³/mol. The third-order valence-corrected chi connectivity index (χ3v) is 6.96. The largest absolute Gasteiger partial charge is 1.00 e. The van der Waals surface area contributed by atoms with Gasteiger partial charge in [-0.15, -0.1) is 13.2 Å². The molecule has 0 saturated carbocycles. The van der Waals surface area contributed by atoms with Gasteiger partial charge in [0.2, 0.25) is 11.8 Å². The van der Waals surface area contributed by atoms with Gasteiger partial charge in [0.05, 0.1) is 37.0 Å². The fourth-order valence-electron chi connectivity index (χ4n) is 5.10. The van der Waals surface area contributed by atoms with Crippen LogP contribution in [0.1, 0.15) is 31.0 Å². The second-order valence-electron chi connectivity index (χ2n) is 9.65. The summed E-state index contributed by atoms with van der Waals surface area (Å²) in [6.45, 7) is 0.809. The van der Waals surface area contributed by atoms with Gasteiger partial charge >= 0.3 is 35.9 Å². The van der Waals surface area contributed by atoms with Crippen molar-refractivity contribution in [2.75, 3.05) is 19.6 Å². The normalized spacial score (nSPS) is 16.1. The van der Waals surface area contributed by atoms with Crippen molar-refractivity contribution in [2.45, 2.75) is 51.1 Å². The number of nitrogens with one attached hydrogen (secondary N) is 1. The number of amides is 2. The number of aromatic nitrogens is 2. The van der Waals surface area contributed by atoms with E-state index in [2.05, 4.69) is 9.97 Å². The molecule has 9 nitrogen and oxygen atoms in total. The Morgan fingerprint density at radius 1 is 1.18 bits per heavy atom. The molecule has 4 rings (SSSR count). The second kappa shape index (κ2) is 13.6. The van der Waals surface area contributed by atoms with Crippen molar-refractivity contribution < 1.29 is 62.2 Å². The third-order valence-electron chi connectivity index (χ3n) is 6.96. The topological polar surface area (TPSA) is 113 Å². The van der Waals surface area contributed by atoms with Crippen LogP contribution in [0.2, 0.25) is 0 Å². The maximum absolute atomic E-state index is 13.8. The Morgan fingerprint density at radius 2 is 1.90 bits per heavy atom. The summed E-state index contributed by atoms with van der Waals surface area (Å²) in [4.78, 5) is 46.8. The summed E-state index contributed by atoms with van der Waals surface area (Å²) in [5.74, 6) is -3.58. The van der Waals surface area contributed by atoms with E-state index in [1.165, 1.54) is 6.33 Å². The predicted octanol–water partition coefficient (Wildman–Crippen LogP) is -0.911. The van der Waals surface area contributed by atoms with Gasteiger partial charge in [0.15, 0.2) is 0 Å². The molecular weight excluding hydrogens is 538 g/mol. The number of hydrogen-bond acceptors (Lipinski definition) is 6. The molecule has 208 valence electrons. The zero-order valence-corrected chi connectivity index (χ0v) is 24.4. The van der Waals surface area contributed by atoms with Crippen LogP contribution in [0.4, 0.5) is 13.2 Å². The van der Waals surface area contributed by atoms with Crippen LogP contribution in [0.25, 0.3) is 10.8 Å². The smallest absolute Gasteiger partial charge is 0.548 e. The maximum Gasteiger partial charge on any atom is 1.00 e. The molecule has 1 saturated heterocycles. The Labute approximate surface area is 251 Å². The number of aromatic amines is 1. The number of hydrogen-bond donors (Lipinski definition) is 1. The van der Waals surface area contributed by atoms with E-state index >= 15 is 0 Å². The number of halogens is 3. The zero-order chi connectivity index (χ0) is 28.2. The average Bonchev–Trinajstić information content (AvgIpc) is 3.55. The number of rotatable bonds is 10. The molecular formula is C27H29F3N5NaO4. The van der Waals surface area contributed by atoms with E-state index in [1.807, 2.05) is 42.5 Å². The minimum absolute atomic E-state index is 0. The fourth-order valence-corrected chi connectivity index (χ4v) is 5.10. The number of carboxylic acids is 1. The Bertz CT molecular complexity index is 1320.